The maximum atomic E-state index is 12.3. The van der Waals surface area contributed by atoms with E-state index in [4.69, 9.17) is 9.84 Å². The van der Waals surface area contributed by atoms with Gasteiger partial charge < -0.3 is 14.7 Å². The molecule has 1 unspecified atom stereocenters. The number of aromatic nitrogens is 2. The Balaban J connectivity index is 2.00. The van der Waals surface area contributed by atoms with Crippen LogP contribution in [0.2, 0.25) is 0 Å². The number of carbonyl (C=O) groups is 2. The van der Waals surface area contributed by atoms with Gasteiger partial charge in [-0.15, -0.1) is 0 Å². The fourth-order valence-electron chi connectivity index (χ4n) is 2.38. The van der Waals surface area contributed by atoms with Gasteiger partial charge in [0.2, 0.25) is 0 Å². The Morgan fingerprint density at radius 2 is 2.10 bits per heavy atom. The highest BCUT2D eigenvalue weighted by Crippen LogP contribution is 2.18. The van der Waals surface area contributed by atoms with E-state index in [1.807, 2.05) is 6.92 Å². The lowest BCUT2D eigenvalue weighted by Gasteiger charge is -2.32. The second-order valence-corrected chi connectivity index (χ2v) is 5.01. The third-order valence-corrected chi connectivity index (χ3v) is 3.45. The first kappa shape index (κ1) is 15.4. The van der Waals surface area contributed by atoms with E-state index in [1.54, 1.807) is 4.90 Å². The van der Waals surface area contributed by atoms with Crippen molar-refractivity contribution in [2.45, 2.75) is 19.8 Å². The summed E-state index contributed by atoms with van der Waals surface area (Å²) in [5, 5.41) is 8.77. The summed E-state index contributed by atoms with van der Waals surface area (Å²) in [7, 11) is 0. The summed E-state index contributed by atoms with van der Waals surface area (Å²) in [6, 6.07) is 0. The number of carbonyl (C=O) groups excluding carboxylic acids is 1. The van der Waals surface area contributed by atoms with E-state index in [0.29, 0.717) is 32.2 Å². The number of hydrogen-bond donors (Lipinski definition) is 1. The average molecular weight is 293 g/mol. The summed E-state index contributed by atoms with van der Waals surface area (Å²) >= 11 is 0. The van der Waals surface area contributed by atoms with Gasteiger partial charge in [0.1, 0.15) is 5.69 Å². The molecule has 1 aromatic rings. The number of piperidine rings is 1. The maximum Gasteiger partial charge on any atom is 0.356 e. The minimum atomic E-state index is -1.16. The fourth-order valence-corrected chi connectivity index (χ4v) is 2.38. The van der Waals surface area contributed by atoms with Gasteiger partial charge in [0.15, 0.2) is 5.69 Å². The molecule has 2 rings (SSSR count). The number of aromatic carboxylic acids is 1. The van der Waals surface area contributed by atoms with Crippen LogP contribution in [0.4, 0.5) is 0 Å². The quantitative estimate of drug-likeness (QED) is 0.872. The van der Waals surface area contributed by atoms with Gasteiger partial charge in [0.25, 0.3) is 5.91 Å². The van der Waals surface area contributed by atoms with Crippen LogP contribution in [0, 0.1) is 5.92 Å². The molecule has 0 aromatic carbocycles. The van der Waals surface area contributed by atoms with Crippen LogP contribution in [0.1, 0.15) is 40.7 Å². The first-order valence-corrected chi connectivity index (χ1v) is 7.04. The van der Waals surface area contributed by atoms with Crippen LogP contribution in [0.5, 0.6) is 0 Å². The lowest BCUT2D eigenvalue weighted by atomic mass is 9.99. The van der Waals surface area contributed by atoms with Crippen LogP contribution in [0.25, 0.3) is 0 Å². The Morgan fingerprint density at radius 1 is 1.38 bits per heavy atom. The van der Waals surface area contributed by atoms with Gasteiger partial charge in [-0.3, -0.25) is 4.79 Å². The van der Waals surface area contributed by atoms with Crippen molar-refractivity contribution in [3.05, 3.63) is 23.8 Å². The first-order chi connectivity index (χ1) is 10.1. The molecule has 1 aliphatic rings. The number of amides is 1. The third-order valence-electron chi connectivity index (χ3n) is 3.45. The molecule has 7 nitrogen and oxygen atoms in total. The summed E-state index contributed by atoms with van der Waals surface area (Å²) in [4.78, 5) is 32.4. The van der Waals surface area contributed by atoms with E-state index < -0.39 is 5.97 Å². The zero-order valence-corrected chi connectivity index (χ0v) is 12.0. The largest absolute Gasteiger partial charge is 0.476 e. The van der Waals surface area contributed by atoms with E-state index in [2.05, 4.69) is 9.97 Å². The van der Waals surface area contributed by atoms with Crippen LogP contribution in [-0.2, 0) is 4.74 Å². The summed E-state index contributed by atoms with van der Waals surface area (Å²) in [5.74, 6) is -1.02. The number of likely N-dealkylation sites (tertiary alicyclic amines) is 1. The fraction of sp³-hybridized carbons (Fsp3) is 0.571. The molecule has 1 N–H and O–H groups in total. The number of ether oxygens (including phenoxy) is 1. The maximum absolute atomic E-state index is 12.3. The number of carboxylic acid groups (broad SMARTS) is 1. The molecule has 1 atom stereocenters. The molecule has 1 saturated heterocycles. The van der Waals surface area contributed by atoms with Crippen molar-refractivity contribution in [3.63, 3.8) is 0 Å². The van der Waals surface area contributed by atoms with E-state index in [-0.39, 0.29) is 17.3 Å². The Hall–Kier alpha value is -2.02. The summed E-state index contributed by atoms with van der Waals surface area (Å²) in [6.07, 6.45) is 4.31. The van der Waals surface area contributed by atoms with Gasteiger partial charge in [0.05, 0.1) is 19.0 Å². The molecule has 0 bridgehead atoms. The van der Waals surface area contributed by atoms with Gasteiger partial charge in [-0.1, -0.05) is 0 Å². The summed E-state index contributed by atoms with van der Waals surface area (Å²) in [6.45, 7) is 4.60. The molecule has 1 aromatic heterocycles. The molecule has 7 heteroatoms. The van der Waals surface area contributed by atoms with Crippen molar-refractivity contribution in [1.29, 1.82) is 0 Å². The van der Waals surface area contributed by atoms with Crippen molar-refractivity contribution in [3.8, 4) is 0 Å². The first-order valence-electron chi connectivity index (χ1n) is 7.04. The molecule has 114 valence electrons. The minimum absolute atomic E-state index is 0.167. The highest BCUT2D eigenvalue weighted by molar-refractivity contribution is 5.92. The predicted molar refractivity (Wildman–Crippen MR) is 74.1 cm³/mol. The van der Waals surface area contributed by atoms with Gasteiger partial charge in [-0.25, -0.2) is 14.8 Å². The molecule has 0 aliphatic carbocycles. The second kappa shape index (κ2) is 7.12. The van der Waals surface area contributed by atoms with Crippen LogP contribution in [0.15, 0.2) is 12.4 Å². The molecule has 2 heterocycles. The summed E-state index contributed by atoms with van der Waals surface area (Å²) in [5.41, 5.74) is 0.0106. The SMILES string of the molecule is CCOCC1CCCN(C(=O)c2cnc(C(=O)O)cn2)C1. The van der Waals surface area contributed by atoms with E-state index in [1.165, 1.54) is 6.20 Å². The second-order valence-electron chi connectivity index (χ2n) is 5.01. The Kier molecular flexibility index (Phi) is 5.21. The van der Waals surface area contributed by atoms with Crippen molar-refractivity contribution in [2.75, 3.05) is 26.3 Å². The molecular formula is C14H19N3O4. The third kappa shape index (κ3) is 3.98. The number of nitrogens with zero attached hydrogens (tertiary/aromatic N) is 3. The molecule has 0 saturated carbocycles. The van der Waals surface area contributed by atoms with Crippen LogP contribution >= 0.6 is 0 Å². The lowest BCUT2D eigenvalue weighted by Crippen LogP contribution is -2.41. The summed E-state index contributed by atoms with van der Waals surface area (Å²) < 4.78 is 5.42. The average Bonchev–Trinajstić information content (AvgIpc) is 2.52. The zero-order chi connectivity index (χ0) is 15.2. The number of rotatable bonds is 5. The molecule has 1 aliphatic heterocycles. The monoisotopic (exact) mass is 293 g/mol. The molecule has 1 amide bonds. The van der Waals surface area contributed by atoms with Gasteiger partial charge in [-0.2, -0.15) is 0 Å². The van der Waals surface area contributed by atoms with Gasteiger partial charge in [0, 0.05) is 19.7 Å². The van der Waals surface area contributed by atoms with Gasteiger partial charge in [-0.05, 0) is 25.7 Å². The number of carboxylic acids is 1. The van der Waals surface area contributed by atoms with E-state index >= 15 is 0 Å². The van der Waals surface area contributed by atoms with Crippen molar-refractivity contribution in [2.24, 2.45) is 5.92 Å². The van der Waals surface area contributed by atoms with Crippen LogP contribution in [-0.4, -0.2) is 58.2 Å². The van der Waals surface area contributed by atoms with Crippen molar-refractivity contribution < 1.29 is 19.4 Å². The molecule has 1 fully saturated rings. The lowest BCUT2D eigenvalue weighted by molar-refractivity contribution is 0.0495. The number of hydrogen-bond acceptors (Lipinski definition) is 5. The Bertz CT molecular complexity index is 503. The van der Waals surface area contributed by atoms with E-state index in [0.717, 1.165) is 19.0 Å². The Morgan fingerprint density at radius 3 is 2.71 bits per heavy atom. The molecule has 21 heavy (non-hydrogen) atoms. The Labute approximate surface area is 123 Å². The van der Waals surface area contributed by atoms with Crippen LogP contribution in [0.3, 0.4) is 0 Å². The van der Waals surface area contributed by atoms with Crippen molar-refractivity contribution >= 4 is 11.9 Å². The normalized spacial score (nSPS) is 18.5. The standard InChI is InChI=1S/C14H19N3O4/c1-2-21-9-10-4-3-5-17(8-10)13(18)11-6-16-12(7-15-11)14(19)20/h6-7,10H,2-5,8-9H2,1H3,(H,19,20). The highest BCUT2D eigenvalue weighted by Gasteiger charge is 2.25. The molecule has 0 spiro atoms. The highest BCUT2D eigenvalue weighted by atomic mass is 16.5. The molecule has 0 radical (unpaired) electrons. The van der Waals surface area contributed by atoms with Crippen molar-refractivity contribution in [1.82, 2.24) is 14.9 Å². The smallest absolute Gasteiger partial charge is 0.356 e. The predicted octanol–water partition coefficient (Wildman–Crippen LogP) is 1.06. The van der Waals surface area contributed by atoms with Gasteiger partial charge >= 0.3 is 5.97 Å². The van der Waals surface area contributed by atoms with Crippen LogP contribution < -0.4 is 0 Å². The van der Waals surface area contributed by atoms with E-state index in [9.17, 15) is 9.59 Å². The minimum Gasteiger partial charge on any atom is -0.476 e. The molecular weight excluding hydrogens is 274 g/mol. The topological polar surface area (TPSA) is 92.6 Å². The zero-order valence-electron chi connectivity index (χ0n) is 12.0.